The molecule has 4 aliphatic rings. The van der Waals surface area contributed by atoms with Gasteiger partial charge in [-0.15, -0.1) is 0 Å². The van der Waals surface area contributed by atoms with Crippen LogP contribution in [0.3, 0.4) is 0 Å². The predicted molar refractivity (Wildman–Crippen MR) is 181 cm³/mol. The highest BCUT2D eigenvalue weighted by Crippen LogP contribution is 2.32. The summed E-state index contributed by atoms with van der Waals surface area (Å²) in [6, 6.07) is 5.48. The molecule has 12 heteroatoms. The van der Waals surface area contributed by atoms with Crippen molar-refractivity contribution in [1.82, 2.24) is 34.4 Å². The molecule has 246 valence electrons. The fourth-order valence-electron chi connectivity index (χ4n) is 6.93. The molecule has 3 aromatic rings. The van der Waals surface area contributed by atoms with Gasteiger partial charge in [-0.25, -0.2) is 14.4 Å². The average molecular weight is 659 g/mol. The minimum Gasteiger partial charge on any atom is -0.494 e. The first kappa shape index (κ1) is 31.5. The van der Waals surface area contributed by atoms with Crippen molar-refractivity contribution < 1.29 is 13.9 Å². The van der Waals surface area contributed by atoms with Gasteiger partial charge in [0.25, 0.3) is 0 Å². The number of benzene rings is 1. The molecule has 3 saturated heterocycles. The Bertz CT molecular complexity index is 1800. The predicted octanol–water partition coefficient (Wildman–Crippen LogP) is 3.73. The van der Waals surface area contributed by atoms with E-state index in [1.54, 1.807) is 6.07 Å². The molecular weight excluding hydrogens is 619 g/mol. The van der Waals surface area contributed by atoms with Crippen molar-refractivity contribution in [2.24, 2.45) is 0 Å². The van der Waals surface area contributed by atoms with Crippen LogP contribution in [0.1, 0.15) is 43.7 Å². The van der Waals surface area contributed by atoms with E-state index in [2.05, 4.69) is 55.7 Å². The van der Waals surface area contributed by atoms with E-state index in [9.17, 15) is 9.18 Å². The molecule has 0 saturated carbocycles. The number of amides is 1. The van der Waals surface area contributed by atoms with E-state index in [0.29, 0.717) is 43.1 Å². The summed E-state index contributed by atoms with van der Waals surface area (Å²) in [7, 11) is 2.20. The Morgan fingerprint density at radius 2 is 1.89 bits per heavy atom. The third-order valence-corrected chi connectivity index (χ3v) is 10.1. The van der Waals surface area contributed by atoms with Crippen LogP contribution in [0.15, 0.2) is 55.3 Å². The van der Waals surface area contributed by atoms with E-state index < -0.39 is 5.82 Å². The Labute approximate surface area is 278 Å². The van der Waals surface area contributed by atoms with Gasteiger partial charge in [-0.1, -0.05) is 24.3 Å². The zero-order valence-electron chi connectivity index (χ0n) is 26.6. The van der Waals surface area contributed by atoms with Crippen molar-refractivity contribution in [3.05, 3.63) is 82.3 Å². The van der Waals surface area contributed by atoms with Crippen molar-refractivity contribution >= 4 is 46.7 Å². The number of allylic oxidation sites excluding steroid dienone is 2. The molecule has 3 aliphatic heterocycles. The number of hydrogen-bond donors (Lipinski definition) is 1. The van der Waals surface area contributed by atoms with Gasteiger partial charge >= 0.3 is 0 Å². The maximum absolute atomic E-state index is 13.8. The summed E-state index contributed by atoms with van der Waals surface area (Å²) in [5.41, 5.74) is 2.52. The highest BCUT2D eigenvalue weighted by molar-refractivity contribution is 6.31. The molecule has 2 aromatic heterocycles. The maximum Gasteiger partial charge on any atom is 0.245 e. The minimum atomic E-state index is -0.481. The fraction of sp³-hybridized carbons (Fsp3) is 0.429. The lowest BCUT2D eigenvalue weighted by atomic mass is 9.98. The Hall–Kier alpha value is -4.06. The second kappa shape index (κ2) is 13.6. The maximum atomic E-state index is 13.8. The second-order valence-electron chi connectivity index (χ2n) is 12.9. The Morgan fingerprint density at radius 3 is 2.64 bits per heavy atom. The Kier molecular flexibility index (Phi) is 9.11. The molecule has 1 aromatic carbocycles. The zero-order chi connectivity index (χ0) is 32.5. The van der Waals surface area contributed by atoms with Crippen LogP contribution in [0, 0.1) is 5.82 Å². The minimum absolute atomic E-state index is 0.0316. The SMILES string of the molecule is C=CC(=O)N1CCC(OC2=C(c3cnn(C4CN(C5CCN(C)CC5)C4)c3)C=c3ncnc(Nc4ccc(F)c(Cl)c4)c3=CC2)CC1. The van der Waals surface area contributed by atoms with Crippen LogP contribution >= 0.6 is 11.6 Å². The summed E-state index contributed by atoms with van der Waals surface area (Å²) in [6.45, 7) is 9.21. The normalized spacial score (nSPS) is 20.1. The van der Waals surface area contributed by atoms with Crippen LogP contribution < -0.4 is 15.9 Å². The smallest absolute Gasteiger partial charge is 0.245 e. The number of rotatable bonds is 8. The van der Waals surface area contributed by atoms with Crippen molar-refractivity contribution in [2.75, 3.05) is 51.6 Å². The lowest BCUT2D eigenvalue weighted by Gasteiger charge is -2.46. The van der Waals surface area contributed by atoms with E-state index in [1.807, 2.05) is 17.2 Å². The van der Waals surface area contributed by atoms with Crippen LogP contribution in [0.5, 0.6) is 0 Å². The van der Waals surface area contributed by atoms with Crippen LogP contribution in [-0.4, -0.2) is 98.8 Å². The number of hydrogen-bond acceptors (Lipinski definition) is 8. The van der Waals surface area contributed by atoms with Crippen molar-refractivity contribution in [1.29, 1.82) is 0 Å². The monoisotopic (exact) mass is 658 g/mol. The number of carbonyl (C=O) groups excluding carboxylic acids is 1. The van der Waals surface area contributed by atoms with Gasteiger partial charge in [-0.2, -0.15) is 5.10 Å². The highest BCUT2D eigenvalue weighted by atomic mass is 35.5. The lowest BCUT2D eigenvalue weighted by Crippen LogP contribution is -2.55. The lowest BCUT2D eigenvalue weighted by molar-refractivity contribution is -0.128. The largest absolute Gasteiger partial charge is 0.494 e. The van der Waals surface area contributed by atoms with Crippen LogP contribution in [0.2, 0.25) is 5.02 Å². The van der Waals surface area contributed by atoms with Crippen LogP contribution in [0.4, 0.5) is 15.9 Å². The third-order valence-electron chi connectivity index (χ3n) is 9.79. The first-order valence-corrected chi connectivity index (χ1v) is 16.8. The molecule has 47 heavy (non-hydrogen) atoms. The molecule has 1 amide bonds. The Balaban J connectivity index is 1.16. The van der Waals surface area contributed by atoms with E-state index in [0.717, 1.165) is 66.5 Å². The molecule has 0 unspecified atom stereocenters. The molecule has 7 rings (SSSR count). The number of halogens is 2. The third kappa shape index (κ3) is 6.83. The molecule has 5 heterocycles. The number of fused-ring (bicyclic) bond motifs is 1. The van der Waals surface area contributed by atoms with Crippen LogP contribution in [-0.2, 0) is 9.53 Å². The van der Waals surface area contributed by atoms with Gasteiger partial charge in [-0.05, 0) is 63.3 Å². The molecule has 1 aliphatic carbocycles. The van der Waals surface area contributed by atoms with Crippen LogP contribution in [0.25, 0.3) is 17.7 Å². The molecule has 1 N–H and O–H groups in total. The molecule has 3 fully saturated rings. The summed E-state index contributed by atoms with van der Waals surface area (Å²) in [6.07, 6.45) is 15.4. The quantitative estimate of drug-likeness (QED) is 0.367. The number of ether oxygens (including phenoxy) is 1. The fourth-order valence-corrected chi connectivity index (χ4v) is 7.11. The van der Waals surface area contributed by atoms with Crippen molar-refractivity contribution in [3.8, 4) is 0 Å². The number of piperidine rings is 2. The number of carbonyl (C=O) groups is 1. The van der Waals surface area contributed by atoms with E-state index in [-0.39, 0.29) is 17.0 Å². The first-order valence-electron chi connectivity index (χ1n) is 16.4. The standard InChI is InChI=1S/C35H40ClFN8O2/c1-3-34(46)43-14-10-27(11-15-43)47-33-7-5-28-32(38-22-39-35(28)41-24-4-6-31(37)30(36)16-24)17-29(33)23-18-40-45(19-23)26-20-44(21-26)25-8-12-42(2)13-9-25/h3-6,16-19,22,25-27H,1,7-15,20-21H2,2H3,(H,38,39,41). The topological polar surface area (TPSA) is 91.7 Å². The van der Waals surface area contributed by atoms with E-state index in [4.69, 9.17) is 21.4 Å². The van der Waals surface area contributed by atoms with E-state index in [1.165, 1.54) is 37.4 Å². The van der Waals surface area contributed by atoms with Gasteiger partial charge in [-0.3, -0.25) is 14.4 Å². The summed E-state index contributed by atoms with van der Waals surface area (Å²) in [5.74, 6) is 0.887. The van der Waals surface area contributed by atoms with Crippen molar-refractivity contribution in [2.45, 2.75) is 50.3 Å². The molecule has 0 atom stereocenters. The molecule has 10 nitrogen and oxygen atoms in total. The van der Waals surface area contributed by atoms with Crippen molar-refractivity contribution in [3.63, 3.8) is 0 Å². The van der Waals surface area contributed by atoms with Gasteiger partial charge in [0.2, 0.25) is 5.91 Å². The second-order valence-corrected chi connectivity index (χ2v) is 13.3. The van der Waals surface area contributed by atoms with Gasteiger partial charge in [0, 0.05) is 79.7 Å². The highest BCUT2D eigenvalue weighted by Gasteiger charge is 2.35. The number of aromatic nitrogens is 4. The van der Waals surface area contributed by atoms with E-state index >= 15 is 0 Å². The Morgan fingerprint density at radius 1 is 1.11 bits per heavy atom. The number of anilines is 2. The zero-order valence-corrected chi connectivity index (χ0v) is 27.4. The molecule has 0 radical (unpaired) electrons. The molecular formula is C35H40ClFN8O2. The average Bonchev–Trinajstić information content (AvgIpc) is 3.46. The number of nitrogens with one attached hydrogen (secondary N) is 1. The van der Waals surface area contributed by atoms with Gasteiger partial charge < -0.3 is 19.9 Å². The van der Waals surface area contributed by atoms with Gasteiger partial charge in [0.15, 0.2) is 0 Å². The summed E-state index contributed by atoms with van der Waals surface area (Å²) >= 11 is 6.05. The molecule has 0 spiro atoms. The number of nitrogens with zero attached hydrogens (tertiary/aromatic N) is 7. The summed E-state index contributed by atoms with van der Waals surface area (Å²) < 4.78 is 22.7. The molecule has 0 bridgehead atoms. The summed E-state index contributed by atoms with van der Waals surface area (Å²) in [5, 5.41) is 9.69. The van der Waals surface area contributed by atoms with Gasteiger partial charge in [0.05, 0.1) is 22.6 Å². The first-order chi connectivity index (χ1) is 22.8. The number of likely N-dealkylation sites (tertiary alicyclic amines) is 3. The summed E-state index contributed by atoms with van der Waals surface area (Å²) in [4.78, 5) is 28.1. The van der Waals surface area contributed by atoms with Gasteiger partial charge in [0.1, 0.15) is 29.8 Å².